The van der Waals surface area contributed by atoms with Crippen LogP contribution in [0.3, 0.4) is 0 Å². The van der Waals surface area contributed by atoms with Gasteiger partial charge in [-0.2, -0.15) is 0 Å². The smallest absolute Gasteiger partial charge is 1.00 e. The number of benzene rings is 1. The number of rotatable bonds is 2. The molecular weight excluding hydrogens is 406 g/mol. The zero-order valence-corrected chi connectivity index (χ0v) is 18.6. The zero-order valence-electron chi connectivity index (χ0n) is 13.6. The topological polar surface area (TPSA) is 0 Å². The summed E-state index contributed by atoms with van der Waals surface area (Å²) in [6.07, 6.45) is 8.66. The maximum absolute atomic E-state index is 2.56. The predicted molar refractivity (Wildman–Crippen MR) is 86.8 cm³/mol. The molecule has 0 N–H and O–H groups in total. The van der Waals surface area contributed by atoms with Crippen LogP contribution >= 0.6 is 0 Å². The van der Waals surface area contributed by atoms with Crippen LogP contribution in [0.4, 0.5) is 0 Å². The number of halogens is 2. The Morgan fingerprint density at radius 3 is 2.32 bits per heavy atom. The van der Waals surface area contributed by atoms with Crippen LogP contribution in [0.25, 0.3) is 6.08 Å². The number of fused-ring (bicyclic) bond motifs is 1. The summed E-state index contributed by atoms with van der Waals surface area (Å²) in [6, 6.07) is 9.08. The second-order valence-electron chi connectivity index (χ2n) is 6.19. The minimum atomic E-state index is -1.58. The molecule has 2 aliphatic rings. The Morgan fingerprint density at radius 1 is 1.05 bits per heavy atom. The van der Waals surface area contributed by atoms with E-state index in [0.29, 0.717) is 0 Å². The summed E-state index contributed by atoms with van der Waals surface area (Å²) in [7, 11) is 0. The van der Waals surface area contributed by atoms with Crippen LogP contribution in [0.15, 0.2) is 50.8 Å². The SMILES string of the molecule is CC1=CC[C]([Zr+2]([CH]2C(C)=Cc3ccccc32)=[Si](C)C)=C1.[Cl-].[Cl-]. The molecule has 0 saturated heterocycles. The van der Waals surface area contributed by atoms with Gasteiger partial charge in [0.05, 0.1) is 0 Å². The molecule has 3 rings (SSSR count). The molecule has 1 atom stereocenters. The van der Waals surface area contributed by atoms with Gasteiger partial charge in [0.2, 0.25) is 0 Å². The Labute approximate surface area is 154 Å². The molecule has 1 aromatic rings. The summed E-state index contributed by atoms with van der Waals surface area (Å²) in [5.41, 5.74) is 6.07. The standard InChI is InChI=1S/C10H9.C6H7.C2H6Si.2ClH.Zr/c1-8-6-9-4-2-3-5-10(9)7-8;1-6-4-2-3-5-6;1-3-2;;;/h2-7H,1H3;4-5H,2H2,1H3;1-2H3;2*1H;/q;;;;;+2/p-2. The summed E-state index contributed by atoms with van der Waals surface area (Å²) < 4.78 is 2.67. The molecule has 0 nitrogen and oxygen atoms in total. The molecule has 0 saturated carbocycles. The minimum absolute atomic E-state index is 0. The van der Waals surface area contributed by atoms with Crippen molar-refractivity contribution in [3.8, 4) is 0 Å². The molecule has 0 radical (unpaired) electrons. The molecule has 0 amide bonds. The van der Waals surface area contributed by atoms with Gasteiger partial charge < -0.3 is 24.8 Å². The first-order chi connectivity index (χ1) is 9.58. The maximum atomic E-state index is 2.56. The third-order valence-electron chi connectivity index (χ3n) is 4.36. The predicted octanol–water partition coefficient (Wildman–Crippen LogP) is -0.744. The van der Waals surface area contributed by atoms with Crippen LogP contribution < -0.4 is 24.8 Å². The summed E-state index contributed by atoms with van der Waals surface area (Å²) in [6.45, 7) is 9.74. The molecule has 0 bridgehead atoms. The fourth-order valence-corrected chi connectivity index (χ4v) is 22.4. The Bertz CT molecular complexity index is 695. The summed E-state index contributed by atoms with van der Waals surface area (Å²) >= 11 is -1.58. The molecule has 22 heavy (non-hydrogen) atoms. The van der Waals surface area contributed by atoms with E-state index < -0.39 is 20.4 Å². The summed E-state index contributed by atoms with van der Waals surface area (Å²) in [4.78, 5) is 0. The van der Waals surface area contributed by atoms with E-state index in [-0.39, 0.29) is 30.2 Å². The van der Waals surface area contributed by atoms with Crippen molar-refractivity contribution in [2.24, 2.45) is 0 Å². The van der Waals surface area contributed by atoms with Crippen LogP contribution in [0.1, 0.15) is 35.0 Å². The van der Waals surface area contributed by atoms with Gasteiger partial charge in [-0.1, -0.05) is 0 Å². The van der Waals surface area contributed by atoms with Crippen molar-refractivity contribution in [1.29, 1.82) is 0 Å². The van der Waals surface area contributed by atoms with E-state index in [4.69, 9.17) is 0 Å². The third-order valence-corrected chi connectivity index (χ3v) is 22.9. The minimum Gasteiger partial charge on any atom is -1.00 e. The van der Waals surface area contributed by atoms with Crippen LogP contribution in [-0.4, -0.2) is 5.43 Å². The fourth-order valence-electron chi connectivity index (χ4n) is 3.51. The monoisotopic (exact) mass is 426 g/mol. The van der Waals surface area contributed by atoms with Crippen molar-refractivity contribution >= 4 is 11.5 Å². The van der Waals surface area contributed by atoms with Gasteiger partial charge in [-0.25, -0.2) is 0 Å². The van der Waals surface area contributed by atoms with Gasteiger partial charge >= 0.3 is 131 Å². The average molecular weight is 429 g/mol. The van der Waals surface area contributed by atoms with E-state index in [2.05, 4.69) is 69.4 Å². The van der Waals surface area contributed by atoms with Gasteiger partial charge in [-0.3, -0.25) is 0 Å². The van der Waals surface area contributed by atoms with E-state index in [1.165, 1.54) is 17.6 Å². The molecule has 4 heteroatoms. The average Bonchev–Trinajstić information content (AvgIpc) is 2.95. The molecule has 1 aromatic carbocycles. The molecule has 0 aromatic heterocycles. The van der Waals surface area contributed by atoms with Crippen LogP contribution in [0.2, 0.25) is 13.1 Å². The van der Waals surface area contributed by atoms with Gasteiger partial charge in [-0.05, 0) is 0 Å². The second kappa shape index (κ2) is 8.29. The van der Waals surface area contributed by atoms with Crippen molar-refractivity contribution in [3.05, 3.63) is 62.0 Å². The molecule has 0 aliphatic heterocycles. The van der Waals surface area contributed by atoms with Crippen molar-refractivity contribution in [2.75, 3.05) is 0 Å². The van der Waals surface area contributed by atoms with Crippen LogP contribution in [0, 0.1) is 0 Å². The molecular formula is C18H22Cl2SiZr. The third kappa shape index (κ3) is 3.78. The molecule has 2 aliphatic carbocycles. The summed E-state index contributed by atoms with van der Waals surface area (Å²) in [5.74, 6) is 0. The Balaban J connectivity index is 0.00000121. The summed E-state index contributed by atoms with van der Waals surface area (Å²) in [5, 5.41) is 0. The van der Waals surface area contributed by atoms with E-state index in [1.807, 2.05) is 3.28 Å². The fraction of sp³-hybridized carbons (Fsp3) is 0.333. The molecule has 0 heterocycles. The molecule has 0 fully saturated rings. The van der Waals surface area contributed by atoms with E-state index in [0.717, 1.165) is 3.63 Å². The number of allylic oxidation sites excluding steroid dienone is 5. The van der Waals surface area contributed by atoms with Crippen molar-refractivity contribution in [2.45, 2.75) is 37.0 Å². The van der Waals surface area contributed by atoms with Gasteiger partial charge in [0.15, 0.2) is 0 Å². The van der Waals surface area contributed by atoms with Crippen molar-refractivity contribution < 1.29 is 45.2 Å². The van der Waals surface area contributed by atoms with Gasteiger partial charge in [0.25, 0.3) is 0 Å². The largest absolute Gasteiger partial charge is 1.00 e. The van der Waals surface area contributed by atoms with Crippen LogP contribution in [-0.2, 0) is 20.4 Å². The zero-order chi connectivity index (χ0) is 14.3. The Morgan fingerprint density at radius 2 is 1.73 bits per heavy atom. The van der Waals surface area contributed by atoms with Crippen molar-refractivity contribution in [3.63, 3.8) is 0 Å². The second-order valence-corrected chi connectivity index (χ2v) is 23.8. The number of hydrogen-bond donors (Lipinski definition) is 0. The maximum Gasteiger partial charge on any atom is -1.00 e. The first kappa shape index (κ1) is 20.2. The van der Waals surface area contributed by atoms with Gasteiger partial charge in [0, 0.05) is 0 Å². The first-order valence-electron chi connectivity index (χ1n) is 7.40. The Hall–Kier alpha value is 0.120. The first-order valence-corrected chi connectivity index (χ1v) is 16.2. The Kier molecular flexibility index (Phi) is 7.60. The quantitative estimate of drug-likeness (QED) is 0.545. The molecule has 116 valence electrons. The number of hydrogen-bond acceptors (Lipinski definition) is 0. The molecule has 1 unspecified atom stereocenters. The van der Waals surface area contributed by atoms with E-state index in [1.54, 1.807) is 11.1 Å². The van der Waals surface area contributed by atoms with Crippen LogP contribution in [0.5, 0.6) is 0 Å². The van der Waals surface area contributed by atoms with Crippen molar-refractivity contribution in [1.82, 2.24) is 0 Å². The van der Waals surface area contributed by atoms with Gasteiger partial charge in [0.1, 0.15) is 0 Å². The van der Waals surface area contributed by atoms with Gasteiger partial charge in [-0.15, -0.1) is 0 Å². The normalized spacial score (nSPS) is 18.0. The van der Waals surface area contributed by atoms with E-state index in [9.17, 15) is 0 Å². The molecule has 0 spiro atoms. The van der Waals surface area contributed by atoms with E-state index >= 15 is 0 Å².